The lowest BCUT2D eigenvalue weighted by Gasteiger charge is -2.27. The summed E-state index contributed by atoms with van der Waals surface area (Å²) < 4.78 is 0.823. The molecule has 23 heavy (non-hydrogen) atoms. The van der Waals surface area contributed by atoms with Crippen LogP contribution in [0.2, 0.25) is 0 Å². The van der Waals surface area contributed by atoms with Crippen molar-refractivity contribution in [3.8, 4) is 0 Å². The Labute approximate surface area is 148 Å². The summed E-state index contributed by atoms with van der Waals surface area (Å²) in [6.07, 6.45) is 3.66. The Morgan fingerprint density at radius 1 is 1.30 bits per heavy atom. The van der Waals surface area contributed by atoms with Gasteiger partial charge in [-0.3, -0.25) is 9.59 Å². The van der Waals surface area contributed by atoms with Crippen LogP contribution >= 0.6 is 27.7 Å². The van der Waals surface area contributed by atoms with Gasteiger partial charge in [-0.05, 0) is 47.3 Å². The van der Waals surface area contributed by atoms with Crippen molar-refractivity contribution in [2.24, 2.45) is 4.99 Å². The number of thioether (sulfide) groups is 1. The van der Waals surface area contributed by atoms with Crippen LogP contribution in [0, 0.1) is 0 Å². The number of likely N-dealkylation sites (tertiary alicyclic amines) is 1. The third-order valence-electron chi connectivity index (χ3n) is 3.87. The number of anilines is 1. The Hall–Kier alpha value is -1.34. The molecule has 0 spiro atoms. The number of carbonyl (C=O) groups is 2. The number of hydrogen-bond donors (Lipinski definition) is 1. The van der Waals surface area contributed by atoms with Gasteiger partial charge in [-0.2, -0.15) is 4.99 Å². The Morgan fingerprint density at radius 2 is 2.04 bits per heavy atom. The molecule has 1 aromatic rings. The SMILES string of the molecule is O=C(C[C@@H]1SC(N2CCCCC2)=NC1=O)Nc1ccccc1Br. The fourth-order valence-electron chi connectivity index (χ4n) is 2.66. The van der Waals surface area contributed by atoms with E-state index >= 15 is 0 Å². The summed E-state index contributed by atoms with van der Waals surface area (Å²) in [5.74, 6) is -0.365. The summed E-state index contributed by atoms with van der Waals surface area (Å²) in [6.45, 7) is 1.91. The quantitative estimate of drug-likeness (QED) is 0.852. The highest BCUT2D eigenvalue weighted by Gasteiger charge is 2.33. The highest BCUT2D eigenvalue weighted by Crippen LogP contribution is 2.29. The van der Waals surface area contributed by atoms with Gasteiger partial charge in [0.2, 0.25) is 5.91 Å². The number of carbonyl (C=O) groups excluding carboxylic acids is 2. The maximum absolute atomic E-state index is 12.2. The molecule has 0 aliphatic carbocycles. The van der Waals surface area contributed by atoms with E-state index in [2.05, 4.69) is 31.1 Å². The average Bonchev–Trinajstić information content (AvgIpc) is 2.91. The molecule has 0 unspecified atom stereocenters. The molecule has 5 nitrogen and oxygen atoms in total. The largest absolute Gasteiger partial charge is 0.351 e. The monoisotopic (exact) mass is 395 g/mol. The van der Waals surface area contributed by atoms with Crippen LogP contribution in [0.1, 0.15) is 25.7 Å². The number of nitrogens with one attached hydrogen (secondary N) is 1. The van der Waals surface area contributed by atoms with Crippen molar-refractivity contribution < 1.29 is 9.59 Å². The number of aliphatic imine (C=N–C) groups is 1. The normalized spacial score (nSPS) is 21.3. The number of para-hydroxylation sites is 1. The van der Waals surface area contributed by atoms with Crippen LogP contribution in [-0.4, -0.2) is 40.2 Å². The van der Waals surface area contributed by atoms with Crippen LogP contribution in [0.4, 0.5) is 5.69 Å². The molecule has 1 N–H and O–H groups in total. The second-order valence-electron chi connectivity index (χ2n) is 5.62. The molecule has 2 heterocycles. The number of benzene rings is 1. The van der Waals surface area contributed by atoms with E-state index in [1.165, 1.54) is 18.2 Å². The molecule has 0 radical (unpaired) electrons. The molecule has 1 saturated heterocycles. The van der Waals surface area contributed by atoms with Crippen molar-refractivity contribution in [1.29, 1.82) is 0 Å². The molecule has 1 atom stereocenters. The summed E-state index contributed by atoms with van der Waals surface area (Å²) in [6, 6.07) is 7.42. The lowest BCUT2D eigenvalue weighted by molar-refractivity contribution is -0.121. The van der Waals surface area contributed by atoms with E-state index in [1.54, 1.807) is 0 Å². The summed E-state index contributed by atoms with van der Waals surface area (Å²) in [5, 5.41) is 3.21. The molecule has 0 saturated carbocycles. The zero-order chi connectivity index (χ0) is 16.2. The molecular weight excluding hydrogens is 378 g/mol. The summed E-state index contributed by atoms with van der Waals surface area (Å²) in [7, 11) is 0. The van der Waals surface area contributed by atoms with E-state index in [4.69, 9.17) is 0 Å². The van der Waals surface area contributed by atoms with Crippen molar-refractivity contribution in [2.75, 3.05) is 18.4 Å². The van der Waals surface area contributed by atoms with Gasteiger partial charge in [-0.15, -0.1) is 0 Å². The molecule has 2 amide bonds. The summed E-state index contributed by atoms with van der Waals surface area (Å²) >= 11 is 4.82. The average molecular weight is 396 g/mol. The van der Waals surface area contributed by atoms with Crippen molar-refractivity contribution in [2.45, 2.75) is 30.9 Å². The highest BCUT2D eigenvalue weighted by molar-refractivity contribution is 9.10. The molecule has 7 heteroatoms. The van der Waals surface area contributed by atoms with Crippen molar-refractivity contribution in [1.82, 2.24) is 4.90 Å². The van der Waals surface area contributed by atoms with Crippen LogP contribution in [0.25, 0.3) is 0 Å². The van der Waals surface area contributed by atoms with E-state index in [0.29, 0.717) is 5.69 Å². The minimum Gasteiger partial charge on any atom is -0.351 e. The third-order valence-corrected chi connectivity index (χ3v) is 5.78. The first-order valence-electron chi connectivity index (χ1n) is 7.72. The maximum atomic E-state index is 12.2. The highest BCUT2D eigenvalue weighted by atomic mass is 79.9. The second-order valence-corrected chi connectivity index (χ2v) is 7.64. The van der Waals surface area contributed by atoms with Gasteiger partial charge >= 0.3 is 0 Å². The Kier molecular flexibility index (Phi) is 5.38. The lowest BCUT2D eigenvalue weighted by atomic mass is 10.1. The van der Waals surface area contributed by atoms with Crippen molar-refractivity contribution >= 4 is 50.4 Å². The molecule has 1 aromatic carbocycles. The van der Waals surface area contributed by atoms with Gasteiger partial charge in [0.25, 0.3) is 5.91 Å². The van der Waals surface area contributed by atoms with Gasteiger partial charge in [0.15, 0.2) is 5.17 Å². The first-order chi connectivity index (χ1) is 11.1. The predicted octanol–water partition coefficient (Wildman–Crippen LogP) is 3.26. The first-order valence-corrected chi connectivity index (χ1v) is 9.39. The van der Waals surface area contributed by atoms with Crippen molar-refractivity contribution in [3.05, 3.63) is 28.7 Å². The number of piperidine rings is 1. The first kappa shape index (κ1) is 16.5. The number of halogens is 1. The van der Waals surface area contributed by atoms with Gasteiger partial charge in [-0.1, -0.05) is 23.9 Å². The number of amidine groups is 1. The minimum atomic E-state index is -0.408. The fourth-order valence-corrected chi connectivity index (χ4v) is 4.16. The number of hydrogen-bond acceptors (Lipinski definition) is 4. The summed E-state index contributed by atoms with van der Waals surface area (Å²) in [4.78, 5) is 30.6. The number of amides is 2. The van der Waals surface area contributed by atoms with Crippen LogP contribution in [0.5, 0.6) is 0 Å². The second kappa shape index (κ2) is 7.49. The topological polar surface area (TPSA) is 61.8 Å². The van der Waals surface area contributed by atoms with Crippen LogP contribution in [0.3, 0.4) is 0 Å². The predicted molar refractivity (Wildman–Crippen MR) is 96.6 cm³/mol. The zero-order valence-corrected chi connectivity index (χ0v) is 15.0. The van der Waals surface area contributed by atoms with Crippen LogP contribution in [-0.2, 0) is 9.59 Å². The lowest BCUT2D eigenvalue weighted by Crippen LogP contribution is -2.33. The minimum absolute atomic E-state index is 0.145. The van der Waals surface area contributed by atoms with Gasteiger partial charge in [-0.25, -0.2) is 0 Å². The van der Waals surface area contributed by atoms with Gasteiger partial charge in [0.05, 0.1) is 5.69 Å². The number of nitrogens with zero attached hydrogens (tertiary/aromatic N) is 2. The van der Waals surface area contributed by atoms with E-state index in [1.807, 2.05) is 24.3 Å². The molecule has 3 rings (SSSR count). The molecule has 2 aliphatic rings. The Balaban J connectivity index is 1.56. The van der Waals surface area contributed by atoms with E-state index in [9.17, 15) is 9.59 Å². The Morgan fingerprint density at radius 3 is 2.78 bits per heavy atom. The summed E-state index contributed by atoms with van der Waals surface area (Å²) in [5.41, 5.74) is 0.713. The molecule has 122 valence electrons. The molecular formula is C16H18BrN3O2S. The smallest absolute Gasteiger partial charge is 0.262 e. The van der Waals surface area contributed by atoms with E-state index < -0.39 is 5.25 Å². The standard InChI is InChI=1S/C16H18BrN3O2S/c17-11-6-2-3-7-12(11)18-14(21)10-13-15(22)19-16(23-13)20-8-4-1-5-9-20/h2-3,6-7,13H,1,4-5,8-10H2,(H,18,21)/t13-/m0/s1. The maximum Gasteiger partial charge on any atom is 0.262 e. The Bertz CT molecular complexity index is 644. The van der Waals surface area contributed by atoms with Gasteiger partial charge < -0.3 is 10.2 Å². The molecule has 0 bridgehead atoms. The van der Waals surface area contributed by atoms with Crippen LogP contribution in [0.15, 0.2) is 33.7 Å². The number of rotatable bonds is 3. The third kappa shape index (κ3) is 4.14. The molecule has 2 aliphatic heterocycles. The fraction of sp³-hybridized carbons (Fsp3) is 0.438. The van der Waals surface area contributed by atoms with E-state index in [-0.39, 0.29) is 18.2 Å². The molecule has 1 fully saturated rings. The van der Waals surface area contributed by atoms with Gasteiger partial charge in [0.1, 0.15) is 5.25 Å². The van der Waals surface area contributed by atoms with E-state index in [0.717, 1.165) is 35.6 Å². The zero-order valence-electron chi connectivity index (χ0n) is 12.6. The molecule has 0 aromatic heterocycles. The van der Waals surface area contributed by atoms with Crippen LogP contribution < -0.4 is 5.32 Å². The van der Waals surface area contributed by atoms with Gasteiger partial charge in [0, 0.05) is 24.0 Å². The van der Waals surface area contributed by atoms with Crippen molar-refractivity contribution in [3.63, 3.8) is 0 Å².